The third-order valence-electron chi connectivity index (χ3n) is 2.29. The summed E-state index contributed by atoms with van der Waals surface area (Å²) in [4.78, 5) is 26.9. The molecule has 102 valence electrons. The molecule has 7 heteroatoms. The van der Waals surface area contributed by atoms with Gasteiger partial charge in [0.15, 0.2) is 0 Å². The molecule has 2 amide bonds. The van der Waals surface area contributed by atoms with Gasteiger partial charge in [0.1, 0.15) is 17.5 Å². The van der Waals surface area contributed by atoms with Crippen molar-refractivity contribution in [2.24, 2.45) is 0 Å². The van der Waals surface area contributed by atoms with Crippen LogP contribution in [-0.2, 0) is 9.59 Å². The van der Waals surface area contributed by atoms with Crippen LogP contribution in [0.25, 0.3) is 0 Å². The van der Waals surface area contributed by atoms with Gasteiger partial charge in [0.2, 0.25) is 0 Å². The Morgan fingerprint density at radius 3 is 2.40 bits per heavy atom. The molecule has 1 aromatic carbocycles. The highest BCUT2D eigenvalue weighted by Crippen LogP contribution is 2.14. The minimum absolute atomic E-state index is 0.187. The van der Waals surface area contributed by atoms with E-state index in [4.69, 9.17) is 0 Å². The number of hydrogen-bond donors (Lipinski definition) is 2. The standard InChI is InChI=1S/C13H9F2N3O2/c14-8-4-5-10(9(15)7-8)17-12(19)13(20)18-11-3-1-2-6-16-11/h1-7H,(H,17,19)(H,16,18,20). The van der Waals surface area contributed by atoms with E-state index in [2.05, 4.69) is 10.3 Å². The second-order valence-corrected chi connectivity index (χ2v) is 3.75. The number of rotatable bonds is 2. The van der Waals surface area contributed by atoms with Crippen LogP contribution in [0.5, 0.6) is 0 Å². The molecule has 0 bridgehead atoms. The Kier molecular flexibility index (Phi) is 3.99. The van der Waals surface area contributed by atoms with E-state index < -0.39 is 23.4 Å². The maximum absolute atomic E-state index is 13.3. The summed E-state index contributed by atoms with van der Waals surface area (Å²) in [6, 6.07) is 7.35. The first-order valence-corrected chi connectivity index (χ1v) is 5.54. The van der Waals surface area contributed by atoms with Crippen LogP contribution in [-0.4, -0.2) is 16.8 Å². The smallest absolute Gasteiger partial charge is 0.315 e. The van der Waals surface area contributed by atoms with Crippen LogP contribution in [0.4, 0.5) is 20.3 Å². The van der Waals surface area contributed by atoms with E-state index in [0.29, 0.717) is 6.07 Å². The largest absolute Gasteiger partial charge is 0.315 e. The lowest BCUT2D eigenvalue weighted by Gasteiger charge is -2.06. The average molecular weight is 277 g/mol. The molecule has 0 aliphatic rings. The minimum Gasteiger partial charge on any atom is -0.315 e. The molecule has 0 fully saturated rings. The molecule has 0 aliphatic heterocycles. The number of aromatic nitrogens is 1. The van der Waals surface area contributed by atoms with E-state index in [9.17, 15) is 18.4 Å². The fourth-order valence-electron chi connectivity index (χ4n) is 1.38. The first-order valence-electron chi connectivity index (χ1n) is 5.54. The van der Waals surface area contributed by atoms with Crippen molar-refractivity contribution < 1.29 is 18.4 Å². The third kappa shape index (κ3) is 3.35. The van der Waals surface area contributed by atoms with Gasteiger partial charge in [-0.3, -0.25) is 9.59 Å². The summed E-state index contributed by atoms with van der Waals surface area (Å²) in [5.74, 6) is -3.65. The molecule has 20 heavy (non-hydrogen) atoms. The molecule has 1 aromatic heterocycles. The van der Waals surface area contributed by atoms with Gasteiger partial charge in [-0.05, 0) is 24.3 Å². The van der Waals surface area contributed by atoms with Crippen molar-refractivity contribution in [1.29, 1.82) is 0 Å². The SMILES string of the molecule is O=C(Nc1ccccn1)C(=O)Nc1ccc(F)cc1F. The van der Waals surface area contributed by atoms with Gasteiger partial charge in [0.05, 0.1) is 5.69 Å². The number of carbonyl (C=O) groups is 2. The van der Waals surface area contributed by atoms with Crippen molar-refractivity contribution in [1.82, 2.24) is 4.98 Å². The van der Waals surface area contributed by atoms with Crippen LogP contribution < -0.4 is 10.6 Å². The number of hydrogen-bond acceptors (Lipinski definition) is 3. The predicted molar refractivity (Wildman–Crippen MR) is 67.9 cm³/mol. The fraction of sp³-hybridized carbons (Fsp3) is 0. The lowest BCUT2D eigenvalue weighted by Crippen LogP contribution is -2.29. The van der Waals surface area contributed by atoms with Crippen LogP contribution in [0.3, 0.4) is 0 Å². The Morgan fingerprint density at radius 1 is 1.00 bits per heavy atom. The molecule has 0 saturated carbocycles. The summed E-state index contributed by atoms with van der Waals surface area (Å²) in [5.41, 5.74) is -0.285. The Balaban J connectivity index is 2.03. The van der Waals surface area contributed by atoms with Crippen molar-refractivity contribution in [3.05, 3.63) is 54.2 Å². The molecule has 5 nitrogen and oxygen atoms in total. The Morgan fingerprint density at radius 2 is 1.75 bits per heavy atom. The molecular weight excluding hydrogens is 268 g/mol. The van der Waals surface area contributed by atoms with Crippen molar-refractivity contribution in [3.8, 4) is 0 Å². The number of nitrogens with zero attached hydrogens (tertiary/aromatic N) is 1. The maximum Gasteiger partial charge on any atom is 0.315 e. The molecule has 2 aromatic rings. The van der Waals surface area contributed by atoms with Crippen LogP contribution in [0.2, 0.25) is 0 Å². The highest BCUT2D eigenvalue weighted by Gasteiger charge is 2.16. The van der Waals surface area contributed by atoms with Gasteiger partial charge in [-0.1, -0.05) is 6.07 Å². The van der Waals surface area contributed by atoms with Crippen molar-refractivity contribution in [2.75, 3.05) is 10.6 Å². The number of benzene rings is 1. The highest BCUT2D eigenvalue weighted by atomic mass is 19.1. The number of nitrogens with one attached hydrogen (secondary N) is 2. The Hall–Kier alpha value is -2.83. The minimum atomic E-state index is -1.08. The normalized spacial score (nSPS) is 9.90. The van der Waals surface area contributed by atoms with Crippen LogP contribution in [0, 0.1) is 11.6 Å². The van der Waals surface area contributed by atoms with Gasteiger partial charge in [-0.15, -0.1) is 0 Å². The first kappa shape index (κ1) is 13.6. The van der Waals surface area contributed by atoms with Crippen LogP contribution >= 0.6 is 0 Å². The van der Waals surface area contributed by atoms with E-state index in [0.717, 1.165) is 12.1 Å². The zero-order chi connectivity index (χ0) is 14.5. The molecule has 2 N–H and O–H groups in total. The van der Waals surface area contributed by atoms with E-state index in [1.54, 1.807) is 12.1 Å². The molecular formula is C13H9F2N3O2. The molecule has 0 unspecified atom stereocenters. The second kappa shape index (κ2) is 5.87. The van der Waals surface area contributed by atoms with Gasteiger partial charge in [-0.2, -0.15) is 0 Å². The second-order valence-electron chi connectivity index (χ2n) is 3.75. The molecule has 0 spiro atoms. The molecule has 1 heterocycles. The quantitative estimate of drug-likeness (QED) is 0.824. The number of amides is 2. The number of pyridine rings is 1. The zero-order valence-corrected chi connectivity index (χ0v) is 10.1. The molecule has 2 rings (SSSR count). The van der Waals surface area contributed by atoms with Gasteiger partial charge >= 0.3 is 11.8 Å². The Labute approximate surface area is 112 Å². The summed E-state index contributed by atoms with van der Waals surface area (Å²) in [6.45, 7) is 0. The van der Waals surface area contributed by atoms with Gasteiger partial charge < -0.3 is 10.6 Å². The number of carbonyl (C=O) groups excluding carboxylic acids is 2. The summed E-state index contributed by atoms with van der Waals surface area (Å²) in [6.07, 6.45) is 1.44. The Bertz CT molecular complexity index is 647. The van der Waals surface area contributed by atoms with Crippen LogP contribution in [0.1, 0.15) is 0 Å². The zero-order valence-electron chi connectivity index (χ0n) is 10.1. The van der Waals surface area contributed by atoms with Crippen molar-refractivity contribution in [3.63, 3.8) is 0 Å². The number of halogens is 2. The van der Waals surface area contributed by atoms with Gasteiger partial charge in [-0.25, -0.2) is 13.8 Å². The van der Waals surface area contributed by atoms with E-state index in [1.807, 2.05) is 5.32 Å². The topological polar surface area (TPSA) is 71.1 Å². The molecule has 0 radical (unpaired) electrons. The highest BCUT2D eigenvalue weighted by molar-refractivity contribution is 6.43. The van der Waals surface area contributed by atoms with E-state index >= 15 is 0 Å². The molecule has 0 atom stereocenters. The lowest BCUT2D eigenvalue weighted by molar-refractivity contribution is -0.133. The first-order chi connectivity index (χ1) is 9.56. The summed E-state index contributed by atoms with van der Waals surface area (Å²) < 4.78 is 26.0. The lowest BCUT2D eigenvalue weighted by atomic mass is 10.3. The molecule has 0 aliphatic carbocycles. The maximum atomic E-state index is 13.3. The third-order valence-corrected chi connectivity index (χ3v) is 2.29. The monoisotopic (exact) mass is 277 g/mol. The molecule has 0 saturated heterocycles. The van der Waals surface area contributed by atoms with Crippen molar-refractivity contribution >= 4 is 23.3 Å². The number of anilines is 2. The van der Waals surface area contributed by atoms with Crippen molar-refractivity contribution in [2.45, 2.75) is 0 Å². The van der Waals surface area contributed by atoms with E-state index in [1.165, 1.54) is 12.3 Å². The summed E-state index contributed by atoms with van der Waals surface area (Å²) in [5, 5.41) is 4.27. The summed E-state index contributed by atoms with van der Waals surface area (Å²) >= 11 is 0. The van der Waals surface area contributed by atoms with Gasteiger partial charge in [0, 0.05) is 12.3 Å². The average Bonchev–Trinajstić information content (AvgIpc) is 2.43. The fourth-order valence-corrected chi connectivity index (χ4v) is 1.38. The van der Waals surface area contributed by atoms with Gasteiger partial charge in [0.25, 0.3) is 0 Å². The summed E-state index contributed by atoms with van der Waals surface area (Å²) in [7, 11) is 0. The van der Waals surface area contributed by atoms with E-state index in [-0.39, 0.29) is 11.5 Å². The van der Waals surface area contributed by atoms with Crippen LogP contribution in [0.15, 0.2) is 42.6 Å². The predicted octanol–water partition coefficient (Wildman–Crippen LogP) is 1.94.